The van der Waals surface area contributed by atoms with Crippen LogP contribution in [0.25, 0.3) is 0 Å². The quantitative estimate of drug-likeness (QED) is 0.621. The van der Waals surface area contributed by atoms with Gasteiger partial charge >= 0.3 is 6.03 Å². The Morgan fingerprint density at radius 3 is 2.28 bits per heavy atom. The molecule has 3 N–H and O–H groups in total. The molecular formula is C23H30N4O2. The second kappa shape index (κ2) is 8.44. The van der Waals surface area contributed by atoms with E-state index in [1.165, 1.54) is 19.3 Å². The summed E-state index contributed by atoms with van der Waals surface area (Å²) in [6, 6.07) is 10.8. The summed E-state index contributed by atoms with van der Waals surface area (Å²) in [6.07, 6.45) is 7.86. The van der Waals surface area contributed by atoms with Gasteiger partial charge in [0.05, 0.1) is 12.5 Å². The highest BCUT2D eigenvalue weighted by atomic mass is 16.2. The molecular weight excluding hydrogens is 364 g/mol. The first-order valence-corrected chi connectivity index (χ1v) is 10.8. The first kappa shape index (κ1) is 19.8. The minimum Gasteiger partial charge on any atom is -0.353 e. The molecule has 4 bridgehead atoms. The molecule has 0 saturated heterocycles. The van der Waals surface area contributed by atoms with Gasteiger partial charge in [-0.05, 0) is 61.8 Å². The predicted octanol–water partition coefficient (Wildman–Crippen LogP) is 2.90. The zero-order chi connectivity index (χ0) is 20.3. The van der Waals surface area contributed by atoms with Crippen molar-refractivity contribution < 1.29 is 9.59 Å². The van der Waals surface area contributed by atoms with Gasteiger partial charge in [-0.25, -0.2) is 4.79 Å². The van der Waals surface area contributed by atoms with Crippen molar-refractivity contribution in [2.45, 2.75) is 62.9 Å². The summed E-state index contributed by atoms with van der Waals surface area (Å²) in [6.45, 7) is 0.291. The average Bonchev–Trinajstić information content (AvgIpc) is 2.67. The van der Waals surface area contributed by atoms with Gasteiger partial charge < -0.3 is 16.0 Å². The molecule has 3 amide bonds. The van der Waals surface area contributed by atoms with Gasteiger partial charge in [0.2, 0.25) is 5.91 Å². The maximum Gasteiger partial charge on any atom is 0.315 e. The number of rotatable bonds is 7. The maximum absolute atomic E-state index is 12.9. The van der Waals surface area contributed by atoms with Crippen LogP contribution in [0.1, 0.15) is 50.5 Å². The standard InChI is InChI=1S/C23H30N4O2/c24-7-4-8-25-21(28)20(12-16-5-2-1-3-6-16)26-22(29)27-23-13-17-9-18(14-23)11-19(10-17)15-23/h1-3,5-6,17-20H,4,8-15H2,(H,25,28)(H2,26,27,29). The smallest absolute Gasteiger partial charge is 0.315 e. The van der Waals surface area contributed by atoms with Crippen LogP contribution >= 0.6 is 0 Å². The van der Waals surface area contributed by atoms with E-state index in [-0.39, 0.29) is 23.9 Å². The summed E-state index contributed by atoms with van der Waals surface area (Å²) in [5, 5.41) is 17.7. The lowest BCUT2D eigenvalue weighted by molar-refractivity contribution is -0.122. The minimum absolute atomic E-state index is 0.0899. The molecule has 29 heavy (non-hydrogen) atoms. The van der Waals surface area contributed by atoms with Crippen LogP contribution in [0.15, 0.2) is 30.3 Å². The number of benzene rings is 1. The van der Waals surface area contributed by atoms with Crippen LogP contribution in [0.3, 0.4) is 0 Å². The molecule has 1 aromatic carbocycles. The van der Waals surface area contributed by atoms with Gasteiger partial charge in [-0.3, -0.25) is 4.79 Å². The highest BCUT2D eigenvalue weighted by molar-refractivity contribution is 5.87. The number of nitrogens with one attached hydrogen (secondary N) is 3. The summed E-state index contributed by atoms with van der Waals surface area (Å²) < 4.78 is 0. The Morgan fingerprint density at radius 2 is 1.69 bits per heavy atom. The van der Waals surface area contributed by atoms with Crippen LogP contribution < -0.4 is 16.0 Å². The molecule has 4 aliphatic carbocycles. The number of carbonyl (C=O) groups excluding carboxylic acids is 2. The summed E-state index contributed by atoms with van der Waals surface area (Å²) in [5.74, 6) is 1.99. The Labute approximate surface area is 172 Å². The lowest BCUT2D eigenvalue weighted by atomic mass is 9.53. The first-order valence-electron chi connectivity index (χ1n) is 10.8. The second-order valence-corrected chi connectivity index (χ2v) is 9.24. The molecule has 154 valence electrons. The number of urea groups is 1. The Bertz CT molecular complexity index is 751. The fourth-order valence-electron chi connectivity index (χ4n) is 6.12. The van der Waals surface area contributed by atoms with E-state index in [1.807, 2.05) is 36.4 Å². The molecule has 0 aromatic heterocycles. The molecule has 6 nitrogen and oxygen atoms in total. The van der Waals surface area contributed by atoms with Crippen molar-refractivity contribution in [2.24, 2.45) is 17.8 Å². The zero-order valence-corrected chi connectivity index (χ0v) is 16.8. The SMILES string of the molecule is N#CCCNC(=O)C(Cc1ccccc1)NC(=O)NC12CC3CC(CC(C3)C1)C2. The van der Waals surface area contributed by atoms with Crippen molar-refractivity contribution >= 4 is 11.9 Å². The number of nitriles is 1. The Hall–Kier alpha value is -2.55. The molecule has 0 spiro atoms. The molecule has 4 saturated carbocycles. The molecule has 0 heterocycles. The summed E-state index contributed by atoms with van der Waals surface area (Å²) in [4.78, 5) is 25.6. The van der Waals surface area contributed by atoms with E-state index < -0.39 is 6.04 Å². The molecule has 0 aliphatic heterocycles. The number of carbonyl (C=O) groups is 2. The van der Waals surface area contributed by atoms with Crippen molar-refractivity contribution in [1.29, 1.82) is 5.26 Å². The molecule has 5 rings (SSSR count). The molecule has 1 aromatic rings. The van der Waals surface area contributed by atoms with E-state index in [0.717, 1.165) is 42.6 Å². The molecule has 4 aliphatic rings. The van der Waals surface area contributed by atoms with Gasteiger partial charge in [0.25, 0.3) is 0 Å². The van der Waals surface area contributed by atoms with Crippen LogP contribution in [0.5, 0.6) is 0 Å². The Morgan fingerprint density at radius 1 is 1.07 bits per heavy atom. The highest BCUT2D eigenvalue weighted by Crippen LogP contribution is 2.55. The summed E-state index contributed by atoms with van der Waals surface area (Å²) in [7, 11) is 0. The van der Waals surface area contributed by atoms with Gasteiger partial charge in [0, 0.05) is 18.5 Å². The Kier molecular flexibility index (Phi) is 5.75. The topological polar surface area (TPSA) is 94.0 Å². The van der Waals surface area contributed by atoms with E-state index >= 15 is 0 Å². The zero-order valence-electron chi connectivity index (χ0n) is 16.8. The molecule has 4 fully saturated rings. The second-order valence-electron chi connectivity index (χ2n) is 9.24. The molecule has 1 unspecified atom stereocenters. The number of nitrogens with zero attached hydrogens (tertiary/aromatic N) is 1. The fraction of sp³-hybridized carbons (Fsp3) is 0.609. The van der Waals surface area contributed by atoms with Gasteiger partial charge in [0.15, 0.2) is 0 Å². The highest BCUT2D eigenvalue weighted by Gasteiger charge is 2.51. The Balaban J connectivity index is 1.40. The van der Waals surface area contributed by atoms with E-state index in [9.17, 15) is 9.59 Å². The van der Waals surface area contributed by atoms with Gasteiger partial charge in [-0.15, -0.1) is 0 Å². The third kappa shape index (κ3) is 4.72. The fourth-order valence-corrected chi connectivity index (χ4v) is 6.12. The van der Waals surface area contributed by atoms with Gasteiger partial charge in [-0.2, -0.15) is 5.26 Å². The molecule has 6 heteroatoms. The lowest BCUT2D eigenvalue weighted by Gasteiger charge is -2.56. The third-order valence-corrected chi connectivity index (χ3v) is 6.86. The minimum atomic E-state index is -0.662. The van der Waals surface area contributed by atoms with Crippen LogP contribution in [-0.4, -0.2) is 30.1 Å². The van der Waals surface area contributed by atoms with E-state index in [0.29, 0.717) is 13.0 Å². The van der Waals surface area contributed by atoms with Crippen LogP contribution in [0.4, 0.5) is 4.79 Å². The molecule has 1 atom stereocenters. The summed E-state index contributed by atoms with van der Waals surface area (Å²) in [5.41, 5.74) is 0.899. The van der Waals surface area contributed by atoms with Crippen LogP contribution in [0.2, 0.25) is 0 Å². The van der Waals surface area contributed by atoms with E-state index in [1.54, 1.807) is 0 Å². The normalized spacial score (nSPS) is 30.2. The maximum atomic E-state index is 12.9. The van der Waals surface area contributed by atoms with Crippen molar-refractivity contribution in [3.63, 3.8) is 0 Å². The van der Waals surface area contributed by atoms with E-state index in [4.69, 9.17) is 5.26 Å². The van der Waals surface area contributed by atoms with Crippen molar-refractivity contribution in [3.05, 3.63) is 35.9 Å². The third-order valence-electron chi connectivity index (χ3n) is 6.86. The largest absolute Gasteiger partial charge is 0.353 e. The van der Waals surface area contributed by atoms with Crippen LogP contribution in [-0.2, 0) is 11.2 Å². The van der Waals surface area contributed by atoms with Crippen LogP contribution in [0, 0.1) is 29.1 Å². The van der Waals surface area contributed by atoms with Gasteiger partial charge in [-0.1, -0.05) is 30.3 Å². The first-order chi connectivity index (χ1) is 14.0. The van der Waals surface area contributed by atoms with Crippen molar-refractivity contribution in [2.75, 3.05) is 6.54 Å². The molecule has 0 radical (unpaired) electrons. The monoisotopic (exact) mass is 394 g/mol. The van der Waals surface area contributed by atoms with E-state index in [2.05, 4.69) is 16.0 Å². The number of hydrogen-bond donors (Lipinski definition) is 3. The predicted molar refractivity (Wildman–Crippen MR) is 110 cm³/mol. The van der Waals surface area contributed by atoms with Crippen molar-refractivity contribution in [1.82, 2.24) is 16.0 Å². The summed E-state index contributed by atoms with van der Waals surface area (Å²) >= 11 is 0. The van der Waals surface area contributed by atoms with Gasteiger partial charge in [0.1, 0.15) is 6.04 Å². The lowest BCUT2D eigenvalue weighted by Crippen LogP contribution is -2.63. The number of amides is 3. The van der Waals surface area contributed by atoms with Crippen molar-refractivity contribution in [3.8, 4) is 6.07 Å². The number of hydrogen-bond acceptors (Lipinski definition) is 3. The average molecular weight is 395 g/mol.